The largest absolute Gasteiger partial charge is 0.320 e. The van der Waals surface area contributed by atoms with Crippen LogP contribution in [0.15, 0.2) is 36.4 Å². The molecule has 0 radical (unpaired) electrons. The highest BCUT2D eigenvalue weighted by Crippen LogP contribution is 2.36. The van der Waals surface area contributed by atoms with Gasteiger partial charge in [0.15, 0.2) is 0 Å². The van der Waals surface area contributed by atoms with E-state index in [4.69, 9.17) is 28.9 Å². The van der Waals surface area contributed by atoms with Gasteiger partial charge in [-0.15, -0.1) is 11.3 Å². The normalized spacial score (nSPS) is 12.7. The van der Waals surface area contributed by atoms with E-state index in [0.717, 1.165) is 11.1 Å². The van der Waals surface area contributed by atoms with E-state index >= 15 is 0 Å². The molecular formula is C11H9Cl2NS. The zero-order chi connectivity index (χ0) is 10.8. The fourth-order valence-electron chi connectivity index (χ4n) is 1.40. The van der Waals surface area contributed by atoms with E-state index in [1.807, 2.05) is 36.4 Å². The fraction of sp³-hybridized carbons (Fsp3) is 0.0909. The van der Waals surface area contributed by atoms with Crippen molar-refractivity contribution in [2.75, 3.05) is 0 Å². The Morgan fingerprint density at radius 2 is 1.80 bits per heavy atom. The Morgan fingerprint density at radius 3 is 2.33 bits per heavy atom. The van der Waals surface area contributed by atoms with Gasteiger partial charge >= 0.3 is 0 Å². The number of thiophene rings is 1. The van der Waals surface area contributed by atoms with E-state index in [0.29, 0.717) is 8.67 Å². The number of rotatable bonds is 2. The summed E-state index contributed by atoms with van der Waals surface area (Å²) in [4.78, 5) is 0. The standard InChI is InChI=1S/C11H9Cl2NS/c12-9-6-8(11(13)15-9)10(14)7-4-2-1-3-5-7/h1-6,10H,14H2. The minimum atomic E-state index is -0.206. The minimum absolute atomic E-state index is 0.206. The molecule has 0 saturated carbocycles. The van der Waals surface area contributed by atoms with Crippen molar-refractivity contribution in [3.63, 3.8) is 0 Å². The molecule has 0 spiro atoms. The van der Waals surface area contributed by atoms with Gasteiger partial charge in [-0.3, -0.25) is 0 Å². The molecule has 0 aliphatic rings. The Bertz CT molecular complexity index is 453. The molecule has 0 bridgehead atoms. The molecular weight excluding hydrogens is 249 g/mol. The Hall–Kier alpha value is -0.540. The van der Waals surface area contributed by atoms with Crippen molar-refractivity contribution in [2.45, 2.75) is 6.04 Å². The van der Waals surface area contributed by atoms with Gasteiger partial charge in [-0.2, -0.15) is 0 Å². The van der Waals surface area contributed by atoms with Crippen molar-refractivity contribution in [3.8, 4) is 0 Å². The van der Waals surface area contributed by atoms with Crippen LogP contribution in [0.5, 0.6) is 0 Å². The Balaban J connectivity index is 2.36. The Labute approximate surface area is 102 Å². The molecule has 15 heavy (non-hydrogen) atoms. The lowest BCUT2D eigenvalue weighted by Gasteiger charge is -2.10. The lowest BCUT2D eigenvalue weighted by Crippen LogP contribution is -2.10. The van der Waals surface area contributed by atoms with Gasteiger partial charge < -0.3 is 5.73 Å². The molecule has 4 heteroatoms. The van der Waals surface area contributed by atoms with Crippen LogP contribution in [0.3, 0.4) is 0 Å². The van der Waals surface area contributed by atoms with Crippen LogP contribution in [0.25, 0.3) is 0 Å². The third-order valence-electron chi connectivity index (χ3n) is 2.18. The highest BCUT2D eigenvalue weighted by molar-refractivity contribution is 7.20. The third-order valence-corrected chi connectivity index (χ3v) is 3.69. The van der Waals surface area contributed by atoms with Gasteiger partial charge in [-0.05, 0) is 11.6 Å². The third kappa shape index (κ3) is 2.34. The quantitative estimate of drug-likeness (QED) is 0.862. The van der Waals surface area contributed by atoms with E-state index in [9.17, 15) is 0 Å². The molecule has 1 aromatic heterocycles. The van der Waals surface area contributed by atoms with Gasteiger partial charge in [-0.25, -0.2) is 0 Å². The van der Waals surface area contributed by atoms with Gasteiger partial charge in [0.05, 0.1) is 14.7 Å². The van der Waals surface area contributed by atoms with Crippen molar-refractivity contribution in [2.24, 2.45) is 5.73 Å². The highest BCUT2D eigenvalue weighted by atomic mass is 35.5. The second-order valence-electron chi connectivity index (χ2n) is 3.17. The van der Waals surface area contributed by atoms with Crippen LogP contribution < -0.4 is 5.73 Å². The summed E-state index contributed by atoms with van der Waals surface area (Å²) < 4.78 is 1.33. The lowest BCUT2D eigenvalue weighted by molar-refractivity contribution is 0.877. The molecule has 2 aromatic rings. The Kier molecular flexibility index (Phi) is 3.32. The summed E-state index contributed by atoms with van der Waals surface area (Å²) in [5.41, 5.74) is 8.02. The van der Waals surface area contributed by atoms with Crippen LogP contribution in [-0.4, -0.2) is 0 Å². The highest BCUT2D eigenvalue weighted by Gasteiger charge is 2.14. The lowest BCUT2D eigenvalue weighted by atomic mass is 10.0. The molecule has 0 aliphatic heterocycles. The first-order valence-corrected chi connectivity index (χ1v) is 6.01. The number of hydrogen-bond acceptors (Lipinski definition) is 2. The maximum absolute atomic E-state index is 6.09. The molecule has 0 amide bonds. The summed E-state index contributed by atoms with van der Waals surface area (Å²) in [6.07, 6.45) is 0. The van der Waals surface area contributed by atoms with E-state index in [1.165, 1.54) is 11.3 Å². The number of nitrogens with two attached hydrogens (primary N) is 1. The van der Waals surface area contributed by atoms with Gasteiger partial charge in [0.1, 0.15) is 0 Å². The van der Waals surface area contributed by atoms with Crippen molar-refractivity contribution in [1.82, 2.24) is 0 Å². The maximum Gasteiger partial charge on any atom is 0.0995 e. The summed E-state index contributed by atoms with van der Waals surface area (Å²) in [6, 6.07) is 11.4. The fourth-order valence-corrected chi connectivity index (χ4v) is 2.95. The summed E-state index contributed by atoms with van der Waals surface area (Å²) in [5.74, 6) is 0. The second-order valence-corrected chi connectivity index (χ2v) is 5.45. The van der Waals surface area contributed by atoms with Crippen LogP contribution in [0.4, 0.5) is 0 Å². The van der Waals surface area contributed by atoms with Crippen molar-refractivity contribution in [1.29, 1.82) is 0 Å². The maximum atomic E-state index is 6.09. The average molecular weight is 258 g/mol. The number of hydrogen-bond donors (Lipinski definition) is 1. The Morgan fingerprint density at radius 1 is 1.13 bits per heavy atom. The summed E-state index contributed by atoms with van der Waals surface area (Å²) in [6.45, 7) is 0. The van der Waals surface area contributed by atoms with Crippen LogP contribution in [0, 0.1) is 0 Å². The molecule has 1 aromatic carbocycles. The first kappa shape index (κ1) is 11.0. The van der Waals surface area contributed by atoms with E-state index in [1.54, 1.807) is 0 Å². The molecule has 1 nitrogen and oxygen atoms in total. The summed E-state index contributed by atoms with van der Waals surface area (Å²) >= 11 is 13.3. The second kappa shape index (κ2) is 4.54. The van der Waals surface area contributed by atoms with E-state index in [-0.39, 0.29) is 6.04 Å². The zero-order valence-electron chi connectivity index (χ0n) is 7.78. The average Bonchev–Trinajstić information content (AvgIpc) is 2.58. The van der Waals surface area contributed by atoms with Gasteiger partial charge in [0.2, 0.25) is 0 Å². The molecule has 2 N–H and O–H groups in total. The molecule has 1 unspecified atom stereocenters. The first-order valence-electron chi connectivity index (χ1n) is 4.43. The zero-order valence-corrected chi connectivity index (χ0v) is 10.1. The van der Waals surface area contributed by atoms with Crippen LogP contribution >= 0.6 is 34.5 Å². The predicted molar refractivity (Wildman–Crippen MR) is 66.8 cm³/mol. The molecule has 0 aliphatic carbocycles. The molecule has 0 saturated heterocycles. The molecule has 78 valence electrons. The smallest absolute Gasteiger partial charge is 0.0995 e. The molecule has 2 rings (SSSR count). The molecule has 0 fully saturated rings. The van der Waals surface area contributed by atoms with Crippen LogP contribution in [0.1, 0.15) is 17.2 Å². The van der Waals surface area contributed by atoms with Crippen molar-refractivity contribution < 1.29 is 0 Å². The van der Waals surface area contributed by atoms with Gasteiger partial charge in [-0.1, -0.05) is 53.5 Å². The number of halogens is 2. The van der Waals surface area contributed by atoms with Gasteiger partial charge in [0, 0.05) is 5.56 Å². The van der Waals surface area contributed by atoms with Crippen molar-refractivity contribution >= 4 is 34.5 Å². The van der Waals surface area contributed by atoms with E-state index < -0.39 is 0 Å². The van der Waals surface area contributed by atoms with E-state index in [2.05, 4.69) is 0 Å². The molecule has 1 heterocycles. The topological polar surface area (TPSA) is 26.0 Å². The summed E-state index contributed by atoms with van der Waals surface area (Å²) in [5, 5.41) is 0. The number of benzene rings is 1. The minimum Gasteiger partial charge on any atom is -0.320 e. The monoisotopic (exact) mass is 257 g/mol. The van der Waals surface area contributed by atoms with Crippen LogP contribution in [0.2, 0.25) is 8.67 Å². The predicted octanol–water partition coefficient (Wildman–Crippen LogP) is 4.10. The SMILES string of the molecule is NC(c1ccccc1)c1cc(Cl)sc1Cl. The molecule has 1 atom stereocenters. The first-order chi connectivity index (χ1) is 7.18. The van der Waals surface area contributed by atoms with Crippen LogP contribution in [-0.2, 0) is 0 Å². The van der Waals surface area contributed by atoms with Crippen molar-refractivity contribution in [3.05, 3.63) is 56.2 Å². The summed E-state index contributed by atoms with van der Waals surface area (Å²) in [7, 11) is 0. The van der Waals surface area contributed by atoms with Gasteiger partial charge in [0.25, 0.3) is 0 Å².